The highest BCUT2D eigenvalue weighted by Crippen LogP contribution is 2.35. The van der Waals surface area contributed by atoms with Gasteiger partial charge in [-0.05, 0) is 42.5 Å². The highest BCUT2D eigenvalue weighted by Gasteiger charge is 2.25. The molecule has 5 rings (SSSR count). The normalized spacial score (nSPS) is 12.7. The van der Waals surface area contributed by atoms with Crippen LogP contribution in [-0.2, 0) is 0 Å². The van der Waals surface area contributed by atoms with E-state index in [1.165, 1.54) is 6.26 Å². The van der Waals surface area contributed by atoms with Gasteiger partial charge in [0, 0.05) is 10.9 Å². The summed E-state index contributed by atoms with van der Waals surface area (Å²) in [5, 5.41) is 3.36. The first-order valence-corrected chi connectivity index (χ1v) is 9.01. The first-order valence-electron chi connectivity index (χ1n) is 9.01. The number of nitrogens with one attached hydrogen (secondary N) is 1. The average molecular weight is 389 g/mol. The SMILES string of the molecule is O=C(Nc1c(C(=O)c2ccc3c(c2)OCCO3)oc2ccccc12)c1ccco1. The molecular formula is C22H15NO6. The van der Waals surface area contributed by atoms with E-state index in [1.54, 1.807) is 54.6 Å². The molecule has 1 aliphatic rings. The molecular weight excluding hydrogens is 374 g/mol. The lowest BCUT2D eigenvalue weighted by Crippen LogP contribution is -2.16. The Kier molecular flexibility index (Phi) is 4.05. The second kappa shape index (κ2) is 6.87. The second-order valence-electron chi connectivity index (χ2n) is 6.42. The minimum absolute atomic E-state index is 0.0304. The topological polar surface area (TPSA) is 90.9 Å². The van der Waals surface area contributed by atoms with Crippen LogP contribution in [-0.4, -0.2) is 24.9 Å². The average Bonchev–Trinajstić information content (AvgIpc) is 3.42. The van der Waals surface area contributed by atoms with Crippen LogP contribution in [0, 0.1) is 0 Å². The van der Waals surface area contributed by atoms with Crippen molar-refractivity contribution in [2.24, 2.45) is 0 Å². The molecule has 144 valence electrons. The van der Waals surface area contributed by atoms with Crippen molar-refractivity contribution in [1.82, 2.24) is 0 Å². The Morgan fingerprint density at radius 1 is 0.897 bits per heavy atom. The van der Waals surface area contributed by atoms with Gasteiger partial charge in [-0.15, -0.1) is 0 Å². The van der Waals surface area contributed by atoms with Gasteiger partial charge in [0.2, 0.25) is 5.78 Å². The number of rotatable bonds is 4. The van der Waals surface area contributed by atoms with Gasteiger partial charge >= 0.3 is 0 Å². The number of hydrogen-bond acceptors (Lipinski definition) is 6. The summed E-state index contributed by atoms with van der Waals surface area (Å²) in [6.07, 6.45) is 1.41. The smallest absolute Gasteiger partial charge is 0.291 e. The number of para-hydroxylation sites is 1. The Balaban J connectivity index is 1.57. The summed E-state index contributed by atoms with van der Waals surface area (Å²) in [5.74, 6) is 0.393. The van der Waals surface area contributed by atoms with Crippen molar-refractivity contribution in [1.29, 1.82) is 0 Å². The van der Waals surface area contributed by atoms with Crippen LogP contribution in [0.5, 0.6) is 11.5 Å². The van der Waals surface area contributed by atoms with Crippen LogP contribution in [0.2, 0.25) is 0 Å². The predicted molar refractivity (Wildman–Crippen MR) is 104 cm³/mol. The van der Waals surface area contributed by atoms with Crippen molar-refractivity contribution in [2.45, 2.75) is 0 Å². The summed E-state index contributed by atoms with van der Waals surface area (Å²) >= 11 is 0. The molecule has 7 heteroatoms. The standard InChI is InChI=1S/C22H15NO6/c24-20(13-7-8-16-18(12-13)28-11-10-27-16)21-19(14-4-1-2-5-15(14)29-21)23-22(25)17-6-3-9-26-17/h1-9,12H,10-11H2,(H,23,25). The molecule has 0 unspecified atom stereocenters. The zero-order valence-corrected chi connectivity index (χ0v) is 15.1. The summed E-state index contributed by atoms with van der Waals surface area (Å²) in [6.45, 7) is 0.882. The van der Waals surface area contributed by atoms with Gasteiger partial charge in [0.15, 0.2) is 23.0 Å². The third kappa shape index (κ3) is 3.02. The maximum Gasteiger partial charge on any atom is 0.291 e. The van der Waals surface area contributed by atoms with Crippen molar-refractivity contribution in [2.75, 3.05) is 18.5 Å². The molecule has 0 atom stereocenters. The number of furan rings is 2. The van der Waals surface area contributed by atoms with Gasteiger partial charge in [0.05, 0.1) is 12.0 Å². The van der Waals surface area contributed by atoms with Gasteiger partial charge in [0.1, 0.15) is 18.8 Å². The molecule has 1 N–H and O–H groups in total. The molecule has 0 radical (unpaired) electrons. The van der Waals surface area contributed by atoms with Gasteiger partial charge in [0.25, 0.3) is 5.91 Å². The molecule has 29 heavy (non-hydrogen) atoms. The summed E-state index contributed by atoms with van der Waals surface area (Å²) in [6, 6.07) is 15.2. The lowest BCUT2D eigenvalue weighted by molar-refractivity contribution is 0.0996. The Morgan fingerprint density at radius 3 is 2.55 bits per heavy atom. The zero-order chi connectivity index (χ0) is 19.8. The van der Waals surface area contributed by atoms with Gasteiger partial charge in [-0.2, -0.15) is 0 Å². The van der Waals surface area contributed by atoms with Gasteiger partial charge in [-0.25, -0.2) is 0 Å². The summed E-state index contributed by atoms with van der Waals surface area (Å²) in [5.41, 5.74) is 1.15. The monoisotopic (exact) mass is 389 g/mol. The first kappa shape index (κ1) is 17.1. The highest BCUT2D eigenvalue weighted by molar-refractivity contribution is 6.18. The van der Waals surface area contributed by atoms with E-state index in [-0.39, 0.29) is 17.3 Å². The molecule has 1 amide bonds. The second-order valence-corrected chi connectivity index (χ2v) is 6.42. The number of amides is 1. The van der Waals surface area contributed by atoms with Crippen molar-refractivity contribution < 1.29 is 27.9 Å². The molecule has 0 aliphatic carbocycles. The van der Waals surface area contributed by atoms with Gasteiger partial charge < -0.3 is 23.6 Å². The van der Waals surface area contributed by atoms with Crippen molar-refractivity contribution >= 4 is 28.3 Å². The molecule has 2 aromatic heterocycles. The van der Waals surface area contributed by atoms with Crippen molar-refractivity contribution in [3.05, 3.63) is 77.9 Å². The van der Waals surface area contributed by atoms with Crippen molar-refractivity contribution in [3.63, 3.8) is 0 Å². The number of fused-ring (bicyclic) bond motifs is 2. The molecule has 0 fully saturated rings. The van der Waals surface area contributed by atoms with Crippen molar-refractivity contribution in [3.8, 4) is 11.5 Å². The van der Waals surface area contributed by atoms with E-state index < -0.39 is 5.91 Å². The number of anilines is 1. The van der Waals surface area contributed by atoms with E-state index >= 15 is 0 Å². The van der Waals surface area contributed by atoms with E-state index in [2.05, 4.69) is 5.32 Å². The Bertz CT molecular complexity index is 1220. The molecule has 0 spiro atoms. The van der Waals surface area contributed by atoms with E-state index in [0.29, 0.717) is 46.9 Å². The van der Waals surface area contributed by atoms with Crippen LogP contribution in [0.15, 0.2) is 69.7 Å². The maximum atomic E-state index is 13.2. The fourth-order valence-corrected chi connectivity index (χ4v) is 3.23. The van der Waals surface area contributed by atoms with Gasteiger partial charge in [-0.3, -0.25) is 9.59 Å². The third-order valence-corrected chi connectivity index (χ3v) is 4.59. The Hall–Kier alpha value is -4.00. The van der Waals surface area contributed by atoms with E-state index in [4.69, 9.17) is 18.3 Å². The summed E-state index contributed by atoms with van der Waals surface area (Å²) < 4.78 is 22.0. The van der Waals surface area contributed by atoms with Crippen LogP contribution < -0.4 is 14.8 Å². The molecule has 0 saturated carbocycles. The molecule has 3 heterocycles. The third-order valence-electron chi connectivity index (χ3n) is 4.59. The van der Waals surface area contributed by atoms with Crippen LogP contribution in [0.3, 0.4) is 0 Å². The van der Waals surface area contributed by atoms with Crippen LogP contribution >= 0.6 is 0 Å². The van der Waals surface area contributed by atoms with E-state index in [9.17, 15) is 9.59 Å². The zero-order valence-electron chi connectivity index (χ0n) is 15.1. The Labute approximate surface area is 164 Å². The van der Waals surface area contributed by atoms with E-state index in [1.807, 2.05) is 0 Å². The van der Waals surface area contributed by atoms with Crippen LogP contribution in [0.4, 0.5) is 5.69 Å². The van der Waals surface area contributed by atoms with E-state index in [0.717, 1.165) is 0 Å². The summed E-state index contributed by atoms with van der Waals surface area (Å²) in [7, 11) is 0. The quantitative estimate of drug-likeness (QED) is 0.524. The minimum atomic E-state index is -0.474. The lowest BCUT2D eigenvalue weighted by atomic mass is 10.1. The number of carbonyl (C=O) groups is 2. The number of carbonyl (C=O) groups excluding carboxylic acids is 2. The Morgan fingerprint density at radius 2 is 1.72 bits per heavy atom. The molecule has 1 aliphatic heterocycles. The lowest BCUT2D eigenvalue weighted by Gasteiger charge is -2.18. The first-order chi connectivity index (χ1) is 14.2. The number of hydrogen-bond donors (Lipinski definition) is 1. The number of ether oxygens (including phenoxy) is 2. The van der Waals surface area contributed by atoms with Crippen LogP contribution in [0.1, 0.15) is 26.7 Å². The maximum absolute atomic E-state index is 13.2. The number of benzene rings is 2. The highest BCUT2D eigenvalue weighted by atomic mass is 16.6. The fraction of sp³-hybridized carbons (Fsp3) is 0.0909. The van der Waals surface area contributed by atoms with Gasteiger partial charge in [-0.1, -0.05) is 12.1 Å². The molecule has 4 aromatic rings. The fourth-order valence-electron chi connectivity index (χ4n) is 3.23. The van der Waals surface area contributed by atoms with Crippen LogP contribution in [0.25, 0.3) is 11.0 Å². The molecule has 2 aromatic carbocycles. The molecule has 0 bridgehead atoms. The summed E-state index contributed by atoms with van der Waals surface area (Å²) in [4.78, 5) is 25.8. The largest absolute Gasteiger partial charge is 0.486 e. The molecule has 0 saturated heterocycles. The minimum Gasteiger partial charge on any atom is -0.486 e. The molecule has 7 nitrogen and oxygen atoms in total. The predicted octanol–water partition coefficient (Wildman–Crippen LogP) is 4.28. The number of ketones is 1.